The third-order valence-electron chi connectivity index (χ3n) is 5.42. The molecule has 0 aliphatic heterocycles. The maximum atomic E-state index is 13.7. The lowest BCUT2D eigenvalue weighted by atomic mass is 9.97. The van der Waals surface area contributed by atoms with Crippen LogP contribution in [0.5, 0.6) is 5.75 Å². The fourth-order valence-electron chi connectivity index (χ4n) is 3.62. The van der Waals surface area contributed by atoms with Crippen molar-refractivity contribution in [3.8, 4) is 5.75 Å². The molecular weight excluding hydrogens is 255 g/mol. The van der Waals surface area contributed by atoms with Gasteiger partial charge in [0.1, 0.15) is 0 Å². The second-order valence-electron chi connectivity index (χ2n) is 6.87. The molecule has 1 aromatic carbocycles. The molecule has 0 bridgehead atoms. The number of hydrazine groups is 1. The molecule has 112 valence electrons. The number of nitrogens with one attached hydrogen (secondary N) is 1. The Morgan fingerprint density at radius 1 is 1.30 bits per heavy atom. The zero-order chi connectivity index (χ0) is 15.1. The van der Waals surface area contributed by atoms with Crippen LogP contribution in [0.15, 0.2) is 18.2 Å². The third-order valence-corrected chi connectivity index (χ3v) is 5.42. The van der Waals surface area contributed by atoms with E-state index in [1.807, 2.05) is 6.07 Å². The molecular formula is C16H25FN2O. The standard InChI is InChI=1S/C16H25FN2O/c1-15(2)14(16(15,3)4)12(19-18)9-10-6-7-13(20-5)11(17)8-10/h6-8,12,14,19H,9,18H2,1-5H3. The lowest BCUT2D eigenvalue weighted by Crippen LogP contribution is -2.40. The van der Waals surface area contributed by atoms with Crippen molar-refractivity contribution in [1.82, 2.24) is 5.43 Å². The molecule has 1 unspecified atom stereocenters. The van der Waals surface area contributed by atoms with Gasteiger partial charge in [0.2, 0.25) is 0 Å². The summed E-state index contributed by atoms with van der Waals surface area (Å²) in [6.07, 6.45) is 0.717. The van der Waals surface area contributed by atoms with E-state index in [9.17, 15) is 4.39 Å². The monoisotopic (exact) mass is 280 g/mol. The Morgan fingerprint density at radius 2 is 1.90 bits per heavy atom. The van der Waals surface area contributed by atoms with Crippen LogP contribution in [0.1, 0.15) is 33.3 Å². The van der Waals surface area contributed by atoms with Gasteiger partial charge in [-0.2, -0.15) is 0 Å². The molecule has 1 saturated carbocycles. The van der Waals surface area contributed by atoms with Gasteiger partial charge in [0, 0.05) is 6.04 Å². The zero-order valence-corrected chi connectivity index (χ0v) is 13.0. The second kappa shape index (κ2) is 5.01. The van der Waals surface area contributed by atoms with Gasteiger partial charge in [-0.05, 0) is 40.9 Å². The maximum Gasteiger partial charge on any atom is 0.165 e. The Hall–Kier alpha value is -1.13. The van der Waals surface area contributed by atoms with Crippen molar-refractivity contribution < 1.29 is 9.13 Å². The minimum absolute atomic E-state index is 0.146. The van der Waals surface area contributed by atoms with Gasteiger partial charge in [0.05, 0.1) is 7.11 Å². The molecule has 2 rings (SSSR count). The lowest BCUT2D eigenvalue weighted by Gasteiger charge is -2.18. The molecule has 3 nitrogen and oxygen atoms in total. The fraction of sp³-hybridized carbons (Fsp3) is 0.625. The van der Waals surface area contributed by atoms with Gasteiger partial charge in [0.15, 0.2) is 11.6 Å². The molecule has 1 aromatic rings. The first kappa shape index (κ1) is 15.3. The summed E-state index contributed by atoms with van der Waals surface area (Å²) in [5.74, 6) is 6.16. The van der Waals surface area contributed by atoms with Gasteiger partial charge in [0.25, 0.3) is 0 Å². The van der Waals surface area contributed by atoms with Crippen LogP contribution >= 0.6 is 0 Å². The molecule has 1 atom stereocenters. The molecule has 1 aliphatic rings. The van der Waals surface area contributed by atoms with Crippen molar-refractivity contribution in [2.75, 3.05) is 7.11 Å². The molecule has 0 amide bonds. The van der Waals surface area contributed by atoms with Crippen molar-refractivity contribution in [3.63, 3.8) is 0 Å². The molecule has 0 aromatic heterocycles. The van der Waals surface area contributed by atoms with Gasteiger partial charge in [-0.1, -0.05) is 33.8 Å². The summed E-state index contributed by atoms with van der Waals surface area (Å²) in [6.45, 7) is 9.04. The first-order valence-electron chi connectivity index (χ1n) is 7.04. The van der Waals surface area contributed by atoms with E-state index in [0.29, 0.717) is 5.92 Å². The third kappa shape index (κ3) is 2.31. The van der Waals surface area contributed by atoms with Crippen LogP contribution in [0.3, 0.4) is 0 Å². The Kier molecular flexibility index (Phi) is 3.82. The Bertz CT molecular complexity index is 485. The van der Waals surface area contributed by atoms with E-state index < -0.39 is 0 Å². The molecule has 0 heterocycles. The van der Waals surface area contributed by atoms with Gasteiger partial charge in [-0.3, -0.25) is 11.3 Å². The Labute approximate surface area is 120 Å². The first-order chi connectivity index (χ1) is 9.25. The quantitative estimate of drug-likeness (QED) is 0.644. The lowest BCUT2D eigenvalue weighted by molar-refractivity contribution is 0.383. The van der Waals surface area contributed by atoms with E-state index in [2.05, 4.69) is 33.1 Å². The highest BCUT2D eigenvalue weighted by molar-refractivity contribution is 5.30. The molecule has 3 N–H and O–H groups in total. The van der Waals surface area contributed by atoms with E-state index in [0.717, 1.165) is 12.0 Å². The van der Waals surface area contributed by atoms with E-state index in [1.54, 1.807) is 6.07 Å². The molecule has 4 heteroatoms. The van der Waals surface area contributed by atoms with Crippen LogP contribution in [0, 0.1) is 22.6 Å². The summed E-state index contributed by atoms with van der Waals surface area (Å²) in [5, 5.41) is 0. The van der Waals surface area contributed by atoms with E-state index in [-0.39, 0.29) is 28.4 Å². The average molecular weight is 280 g/mol. The number of methoxy groups -OCH3 is 1. The van der Waals surface area contributed by atoms with Crippen molar-refractivity contribution in [2.45, 2.75) is 40.2 Å². The number of rotatable bonds is 5. The number of ether oxygens (including phenoxy) is 1. The highest BCUT2D eigenvalue weighted by atomic mass is 19.1. The Morgan fingerprint density at radius 3 is 2.30 bits per heavy atom. The normalized spacial score (nSPS) is 21.6. The average Bonchev–Trinajstić information content (AvgIpc) is 2.77. The van der Waals surface area contributed by atoms with Crippen LogP contribution < -0.4 is 16.0 Å². The van der Waals surface area contributed by atoms with Crippen LogP contribution in [0.25, 0.3) is 0 Å². The minimum atomic E-state index is -0.324. The van der Waals surface area contributed by atoms with Gasteiger partial charge < -0.3 is 4.74 Å². The van der Waals surface area contributed by atoms with E-state index >= 15 is 0 Å². The van der Waals surface area contributed by atoms with Crippen LogP contribution in [-0.2, 0) is 6.42 Å². The molecule has 20 heavy (non-hydrogen) atoms. The number of hydrogen-bond acceptors (Lipinski definition) is 3. The second-order valence-corrected chi connectivity index (χ2v) is 6.87. The van der Waals surface area contributed by atoms with Crippen molar-refractivity contribution >= 4 is 0 Å². The first-order valence-corrected chi connectivity index (χ1v) is 7.04. The predicted molar refractivity (Wildman–Crippen MR) is 78.8 cm³/mol. The van der Waals surface area contributed by atoms with Crippen LogP contribution in [0.4, 0.5) is 4.39 Å². The van der Waals surface area contributed by atoms with Crippen LogP contribution in [-0.4, -0.2) is 13.2 Å². The van der Waals surface area contributed by atoms with E-state index in [4.69, 9.17) is 10.6 Å². The summed E-state index contributed by atoms with van der Waals surface area (Å²) < 4.78 is 18.7. The summed E-state index contributed by atoms with van der Waals surface area (Å²) in [5.41, 5.74) is 4.34. The summed E-state index contributed by atoms with van der Waals surface area (Å²) >= 11 is 0. The van der Waals surface area contributed by atoms with Gasteiger partial charge >= 0.3 is 0 Å². The maximum absolute atomic E-state index is 13.7. The van der Waals surface area contributed by atoms with Crippen molar-refractivity contribution in [2.24, 2.45) is 22.6 Å². The molecule has 0 spiro atoms. The number of nitrogens with two attached hydrogens (primary N) is 1. The highest BCUT2D eigenvalue weighted by Gasteiger charge is 2.66. The summed E-state index contributed by atoms with van der Waals surface area (Å²) in [7, 11) is 1.47. The zero-order valence-electron chi connectivity index (χ0n) is 13.0. The van der Waals surface area contributed by atoms with E-state index in [1.165, 1.54) is 13.2 Å². The smallest absolute Gasteiger partial charge is 0.165 e. The summed E-state index contributed by atoms with van der Waals surface area (Å²) in [6, 6.07) is 5.24. The topological polar surface area (TPSA) is 47.3 Å². The van der Waals surface area contributed by atoms with Gasteiger partial charge in [-0.25, -0.2) is 4.39 Å². The number of halogens is 1. The molecule has 1 aliphatic carbocycles. The van der Waals surface area contributed by atoms with Crippen molar-refractivity contribution in [3.05, 3.63) is 29.6 Å². The highest BCUT2D eigenvalue weighted by Crippen LogP contribution is 2.69. The Balaban J connectivity index is 2.14. The van der Waals surface area contributed by atoms with Gasteiger partial charge in [-0.15, -0.1) is 0 Å². The van der Waals surface area contributed by atoms with Crippen molar-refractivity contribution in [1.29, 1.82) is 0 Å². The number of hydrogen-bond donors (Lipinski definition) is 2. The molecule has 0 radical (unpaired) electrons. The largest absolute Gasteiger partial charge is 0.494 e. The fourth-order valence-corrected chi connectivity index (χ4v) is 3.62. The summed E-state index contributed by atoms with van der Waals surface area (Å²) in [4.78, 5) is 0. The molecule has 1 fully saturated rings. The van der Waals surface area contributed by atoms with Crippen LogP contribution in [0.2, 0.25) is 0 Å². The number of benzene rings is 1. The minimum Gasteiger partial charge on any atom is -0.494 e. The molecule has 0 saturated heterocycles. The predicted octanol–water partition coefficient (Wildman–Crippen LogP) is 2.89. The SMILES string of the molecule is COc1ccc(CC(NN)C2C(C)(C)C2(C)C)cc1F.